The molecule has 1 aliphatic heterocycles. The first-order chi connectivity index (χ1) is 9.65. The second kappa shape index (κ2) is 5.12. The van der Waals surface area contributed by atoms with Crippen LogP contribution in [-0.4, -0.2) is 22.5 Å². The zero-order chi connectivity index (χ0) is 14.1. The fraction of sp³-hybridized carbons (Fsp3) is 0.375. The smallest absolute Gasteiger partial charge is 0.292 e. The summed E-state index contributed by atoms with van der Waals surface area (Å²) in [6.07, 6.45) is 2.03. The molecule has 1 aromatic carbocycles. The molecule has 20 heavy (non-hydrogen) atoms. The third kappa shape index (κ3) is 2.33. The Morgan fingerprint density at radius 1 is 1.30 bits per heavy atom. The molecule has 0 saturated carbocycles. The minimum absolute atomic E-state index is 0.0614. The van der Waals surface area contributed by atoms with Crippen LogP contribution in [0.3, 0.4) is 0 Å². The van der Waals surface area contributed by atoms with Gasteiger partial charge in [0.2, 0.25) is 5.76 Å². The van der Waals surface area contributed by atoms with Crippen molar-refractivity contribution in [2.75, 3.05) is 6.54 Å². The van der Waals surface area contributed by atoms with Gasteiger partial charge in [0.1, 0.15) is 0 Å². The van der Waals surface area contributed by atoms with Gasteiger partial charge in [0.15, 0.2) is 0 Å². The molecule has 4 nitrogen and oxygen atoms in total. The fourth-order valence-corrected chi connectivity index (χ4v) is 2.75. The van der Waals surface area contributed by atoms with Crippen molar-refractivity contribution >= 4 is 5.91 Å². The lowest BCUT2D eigenvalue weighted by atomic mass is 10.0. The van der Waals surface area contributed by atoms with Gasteiger partial charge >= 0.3 is 0 Å². The highest BCUT2D eigenvalue weighted by Gasteiger charge is 2.32. The van der Waals surface area contributed by atoms with E-state index >= 15 is 0 Å². The molecule has 0 spiro atoms. The molecule has 3 rings (SSSR count). The molecule has 0 radical (unpaired) electrons. The molecule has 0 unspecified atom stereocenters. The Hall–Kier alpha value is -2.10. The van der Waals surface area contributed by atoms with Gasteiger partial charge in [-0.1, -0.05) is 35.0 Å². The average Bonchev–Trinajstić information content (AvgIpc) is 3.07. The molecule has 4 heteroatoms. The van der Waals surface area contributed by atoms with E-state index in [1.165, 1.54) is 11.1 Å². The van der Waals surface area contributed by atoms with Crippen LogP contribution in [0, 0.1) is 13.8 Å². The monoisotopic (exact) mass is 270 g/mol. The summed E-state index contributed by atoms with van der Waals surface area (Å²) in [6.45, 7) is 4.66. The summed E-state index contributed by atoms with van der Waals surface area (Å²) in [5, 5.41) is 3.80. The number of aromatic nitrogens is 1. The van der Waals surface area contributed by atoms with Gasteiger partial charge in [-0.2, -0.15) is 0 Å². The van der Waals surface area contributed by atoms with Crippen LogP contribution in [0.25, 0.3) is 0 Å². The topological polar surface area (TPSA) is 46.3 Å². The molecule has 1 aliphatic rings. The van der Waals surface area contributed by atoms with Crippen molar-refractivity contribution in [2.24, 2.45) is 0 Å². The van der Waals surface area contributed by atoms with E-state index in [1.807, 2.05) is 11.8 Å². The number of hydrogen-bond donors (Lipinski definition) is 0. The van der Waals surface area contributed by atoms with Crippen molar-refractivity contribution in [3.8, 4) is 0 Å². The summed E-state index contributed by atoms with van der Waals surface area (Å²) in [5.74, 6) is 0.273. The number of aryl methyl sites for hydroxylation is 2. The summed E-state index contributed by atoms with van der Waals surface area (Å²) in [4.78, 5) is 14.4. The van der Waals surface area contributed by atoms with Gasteiger partial charge in [0.05, 0.1) is 11.7 Å². The van der Waals surface area contributed by atoms with E-state index in [2.05, 4.69) is 36.3 Å². The number of rotatable bonds is 2. The van der Waals surface area contributed by atoms with Crippen molar-refractivity contribution in [1.82, 2.24) is 10.1 Å². The maximum Gasteiger partial charge on any atom is 0.292 e. The van der Waals surface area contributed by atoms with Crippen LogP contribution < -0.4 is 0 Å². The minimum atomic E-state index is -0.0614. The van der Waals surface area contributed by atoms with Gasteiger partial charge < -0.3 is 9.42 Å². The Morgan fingerprint density at radius 2 is 2.05 bits per heavy atom. The first-order valence-electron chi connectivity index (χ1n) is 6.96. The molecule has 104 valence electrons. The zero-order valence-corrected chi connectivity index (χ0v) is 11.8. The molecule has 0 N–H and O–H groups in total. The zero-order valence-electron chi connectivity index (χ0n) is 11.8. The predicted octanol–water partition coefficient (Wildman–Crippen LogP) is 3.27. The summed E-state index contributed by atoms with van der Waals surface area (Å²) < 4.78 is 5.10. The van der Waals surface area contributed by atoms with Crippen LogP contribution in [0.15, 0.2) is 34.9 Å². The first-order valence-corrected chi connectivity index (χ1v) is 6.96. The molecule has 2 aromatic rings. The van der Waals surface area contributed by atoms with E-state index in [4.69, 9.17) is 4.52 Å². The lowest BCUT2D eigenvalue weighted by molar-refractivity contribution is 0.0693. The molecular weight excluding hydrogens is 252 g/mol. The van der Waals surface area contributed by atoms with Crippen LogP contribution in [-0.2, 0) is 0 Å². The average molecular weight is 270 g/mol. The summed E-state index contributed by atoms with van der Waals surface area (Å²) in [5.41, 5.74) is 3.16. The number of amides is 1. The van der Waals surface area contributed by atoms with Crippen LogP contribution in [0.4, 0.5) is 0 Å². The predicted molar refractivity (Wildman–Crippen MR) is 75.4 cm³/mol. The van der Waals surface area contributed by atoms with Crippen molar-refractivity contribution in [1.29, 1.82) is 0 Å². The number of hydrogen-bond acceptors (Lipinski definition) is 3. The highest BCUT2D eigenvalue weighted by Crippen LogP contribution is 2.33. The quantitative estimate of drug-likeness (QED) is 0.841. The maximum absolute atomic E-state index is 12.5. The van der Waals surface area contributed by atoms with Crippen molar-refractivity contribution < 1.29 is 9.32 Å². The third-order valence-electron chi connectivity index (χ3n) is 3.81. The molecule has 1 saturated heterocycles. The Labute approximate surface area is 118 Å². The lowest BCUT2D eigenvalue weighted by Crippen LogP contribution is -2.30. The van der Waals surface area contributed by atoms with E-state index in [9.17, 15) is 4.79 Å². The first kappa shape index (κ1) is 12.9. The number of likely N-dealkylation sites (tertiary alicyclic amines) is 1. The standard InChI is InChI=1S/C16H18N2O2/c1-11-5-7-13(8-6-11)14-4-3-9-18(14)16(19)15-10-12(2)17-20-15/h5-8,10,14H,3-4,9H2,1-2H3/t14-/m0/s1. The molecule has 1 fully saturated rings. The molecule has 0 bridgehead atoms. The number of nitrogens with zero attached hydrogens (tertiary/aromatic N) is 2. The second-order valence-electron chi connectivity index (χ2n) is 5.40. The summed E-state index contributed by atoms with van der Waals surface area (Å²) >= 11 is 0. The fourth-order valence-electron chi connectivity index (χ4n) is 2.75. The number of carbonyl (C=O) groups is 1. The van der Waals surface area contributed by atoms with E-state index in [0.29, 0.717) is 5.76 Å². The molecule has 2 heterocycles. The Kier molecular flexibility index (Phi) is 3.30. The molecule has 1 aromatic heterocycles. The van der Waals surface area contributed by atoms with Crippen LogP contribution >= 0.6 is 0 Å². The summed E-state index contributed by atoms with van der Waals surface area (Å²) in [6, 6.07) is 10.2. The second-order valence-corrected chi connectivity index (χ2v) is 5.40. The van der Waals surface area contributed by atoms with Crippen LogP contribution in [0.2, 0.25) is 0 Å². The van der Waals surface area contributed by atoms with Crippen LogP contribution in [0.5, 0.6) is 0 Å². The minimum Gasteiger partial charge on any atom is -0.351 e. The summed E-state index contributed by atoms with van der Waals surface area (Å²) in [7, 11) is 0. The van der Waals surface area contributed by atoms with Gasteiger partial charge in [-0.25, -0.2) is 0 Å². The van der Waals surface area contributed by atoms with Crippen molar-refractivity contribution in [3.63, 3.8) is 0 Å². The van der Waals surface area contributed by atoms with Crippen molar-refractivity contribution in [2.45, 2.75) is 32.7 Å². The van der Waals surface area contributed by atoms with E-state index in [1.54, 1.807) is 6.07 Å². The molecular formula is C16H18N2O2. The van der Waals surface area contributed by atoms with Gasteiger partial charge in [0, 0.05) is 12.6 Å². The van der Waals surface area contributed by atoms with Gasteiger partial charge in [0.25, 0.3) is 5.91 Å². The molecule has 1 atom stereocenters. The highest BCUT2D eigenvalue weighted by atomic mass is 16.5. The van der Waals surface area contributed by atoms with Crippen LogP contribution in [0.1, 0.15) is 46.3 Å². The number of carbonyl (C=O) groups excluding carboxylic acids is 1. The normalized spacial score (nSPS) is 18.5. The third-order valence-corrected chi connectivity index (χ3v) is 3.81. The molecule has 1 amide bonds. The van der Waals surface area contributed by atoms with Gasteiger partial charge in [-0.15, -0.1) is 0 Å². The number of benzene rings is 1. The van der Waals surface area contributed by atoms with E-state index in [0.717, 1.165) is 25.1 Å². The van der Waals surface area contributed by atoms with E-state index in [-0.39, 0.29) is 11.9 Å². The maximum atomic E-state index is 12.5. The lowest BCUT2D eigenvalue weighted by Gasteiger charge is -2.24. The molecule has 0 aliphatic carbocycles. The SMILES string of the molecule is Cc1ccc([C@@H]2CCCN2C(=O)c2cc(C)no2)cc1. The highest BCUT2D eigenvalue weighted by molar-refractivity contribution is 5.92. The Bertz CT molecular complexity index is 616. The van der Waals surface area contributed by atoms with Gasteiger partial charge in [-0.05, 0) is 32.3 Å². The Balaban J connectivity index is 1.85. The van der Waals surface area contributed by atoms with E-state index < -0.39 is 0 Å². The van der Waals surface area contributed by atoms with Gasteiger partial charge in [-0.3, -0.25) is 4.79 Å². The largest absolute Gasteiger partial charge is 0.351 e. The Morgan fingerprint density at radius 3 is 2.70 bits per heavy atom. The van der Waals surface area contributed by atoms with Crippen molar-refractivity contribution in [3.05, 3.63) is 52.9 Å².